The van der Waals surface area contributed by atoms with Crippen LogP contribution in [0, 0.1) is 5.92 Å². The van der Waals surface area contributed by atoms with E-state index in [1.165, 1.54) is 19.3 Å². The second-order valence-electron chi connectivity index (χ2n) is 4.08. The van der Waals surface area contributed by atoms with E-state index in [1.807, 2.05) is 0 Å². The predicted molar refractivity (Wildman–Crippen MR) is 59.8 cm³/mol. The molecule has 0 radical (unpaired) electrons. The maximum Gasteiger partial charge on any atom is 0.0104 e. The Morgan fingerprint density at radius 3 is 2.23 bits per heavy atom. The van der Waals surface area contributed by atoms with Gasteiger partial charge in [-0.3, -0.25) is 0 Å². The Bertz CT molecular complexity index is 115. The molecule has 0 spiro atoms. The summed E-state index contributed by atoms with van der Waals surface area (Å²) in [6, 6.07) is 0.721. The molecule has 0 aromatic carbocycles. The van der Waals surface area contributed by atoms with Gasteiger partial charge in [-0.2, -0.15) is 0 Å². The molecule has 0 fully saturated rings. The van der Waals surface area contributed by atoms with Crippen LogP contribution in [0.25, 0.3) is 0 Å². The quantitative estimate of drug-likeness (QED) is 0.659. The fourth-order valence-electron chi connectivity index (χ4n) is 1.68. The fourth-order valence-corrected chi connectivity index (χ4v) is 1.68. The van der Waals surface area contributed by atoms with Crippen molar-refractivity contribution in [3.8, 4) is 0 Å². The molecule has 0 aromatic rings. The van der Waals surface area contributed by atoms with E-state index in [1.54, 1.807) is 0 Å². The minimum atomic E-state index is 0.721. The summed E-state index contributed by atoms with van der Waals surface area (Å²) in [5.41, 5.74) is 5.54. The van der Waals surface area contributed by atoms with Crippen LogP contribution in [0.2, 0.25) is 0 Å². The number of hydrogen-bond acceptors (Lipinski definition) is 2. The lowest BCUT2D eigenvalue weighted by atomic mass is 9.97. The molecule has 0 saturated carbocycles. The topological polar surface area (TPSA) is 29.3 Å². The van der Waals surface area contributed by atoms with Gasteiger partial charge < -0.3 is 10.6 Å². The zero-order valence-electron chi connectivity index (χ0n) is 9.71. The molecule has 2 unspecified atom stereocenters. The van der Waals surface area contributed by atoms with E-state index >= 15 is 0 Å². The molecule has 0 rings (SSSR count). The maximum absolute atomic E-state index is 5.54. The van der Waals surface area contributed by atoms with Crippen LogP contribution >= 0.6 is 0 Å². The molecule has 0 aliphatic heterocycles. The van der Waals surface area contributed by atoms with Crippen molar-refractivity contribution in [2.45, 2.75) is 46.1 Å². The summed E-state index contributed by atoms with van der Waals surface area (Å²) in [7, 11) is 2.18. The van der Waals surface area contributed by atoms with Crippen LogP contribution in [0.15, 0.2) is 0 Å². The first-order valence-corrected chi connectivity index (χ1v) is 5.55. The van der Waals surface area contributed by atoms with Crippen LogP contribution in [0.4, 0.5) is 0 Å². The Hall–Kier alpha value is -0.0800. The molecule has 13 heavy (non-hydrogen) atoms. The second kappa shape index (κ2) is 7.34. The number of rotatable bonds is 7. The van der Waals surface area contributed by atoms with Crippen LogP contribution in [0.5, 0.6) is 0 Å². The van der Waals surface area contributed by atoms with Gasteiger partial charge in [-0.15, -0.1) is 0 Å². The lowest BCUT2D eigenvalue weighted by Gasteiger charge is -2.28. The van der Waals surface area contributed by atoms with E-state index in [0.717, 1.165) is 25.0 Å². The third kappa shape index (κ3) is 5.27. The zero-order chi connectivity index (χ0) is 10.3. The second-order valence-corrected chi connectivity index (χ2v) is 4.08. The Kier molecular flexibility index (Phi) is 7.29. The van der Waals surface area contributed by atoms with Gasteiger partial charge in [0.2, 0.25) is 0 Å². The molecule has 0 aliphatic rings. The normalized spacial score (nSPS) is 16.2. The van der Waals surface area contributed by atoms with Crippen LogP contribution < -0.4 is 5.73 Å². The third-order valence-electron chi connectivity index (χ3n) is 2.95. The van der Waals surface area contributed by atoms with Crippen molar-refractivity contribution in [1.29, 1.82) is 0 Å². The average molecular weight is 186 g/mol. The van der Waals surface area contributed by atoms with Gasteiger partial charge >= 0.3 is 0 Å². The SMILES string of the molecule is CCC(C)CC(CC)N(C)CCN. The van der Waals surface area contributed by atoms with Gasteiger partial charge in [-0.25, -0.2) is 0 Å². The summed E-state index contributed by atoms with van der Waals surface area (Å²) in [5.74, 6) is 0.838. The first-order chi connectivity index (χ1) is 6.15. The van der Waals surface area contributed by atoms with E-state index in [-0.39, 0.29) is 0 Å². The van der Waals surface area contributed by atoms with Crippen molar-refractivity contribution in [2.75, 3.05) is 20.1 Å². The maximum atomic E-state index is 5.54. The van der Waals surface area contributed by atoms with Gasteiger partial charge in [-0.05, 0) is 25.8 Å². The highest BCUT2D eigenvalue weighted by atomic mass is 15.1. The van der Waals surface area contributed by atoms with E-state index < -0.39 is 0 Å². The highest BCUT2D eigenvalue weighted by molar-refractivity contribution is 4.70. The summed E-state index contributed by atoms with van der Waals surface area (Å²) < 4.78 is 0. The molecule has 0 heterocycles. The van der Waals surface area contributed by atoms with Gasteiger partial charge in [0.05, 0.1) is 0 Å². The van der Waals surface area contributed by atoms with E-state index in [0.29, 0.717) is 0 Å². The molecule has 0 aromatic heterocycles. The Morgan fingerprint density at radius 1 is 1.23 bits per heavy atom. The molecule has 2 atom stereocenters. The highest BCUT2D eigenvalue weighted by Gasteiger charge is 2.14. The number of nitrogens with zero attached hydrogens (tertiary/aromatic N) is 1. The van der Waals surface area contributed by atoms with Gasteiger partial charge in [-0.1, -0.05) is 27.2 Å². The zero-order valence-corrected chi connectivity index (χ0v) is 9.71. The highest BCUT2D eigenvalue weighted by Crippen LogP contribution is 2.15. The molecule has 2 heteroatoms. The van der Waals surface area contributed by atoms with Gasteiger partial charge in [0, 0.05) is 19.1 Å². The molecule has 0 saturated heterocycles. The smallest absolute Gasteiger partial charge is 0.0104 e. The third-order valence-corrected chi connectivity index (χ3v) is 2.95. The predicted octanol–water partition coefficient (Wildman–Crippen LogP) is 2.09. The van der Waals surface area contributed by atoms with E-state index in [2.05, 4.69) is 32.7 Å². The lowest BCUT2D eigenvalue weighted by Crippen LogP contribution is -2.36. The Labute approximate surface area is 83.5 Å². The van der Waals surface area contributed by atoms with Gasteiger partial charge in [0.1, 0.15) is 0 Å². The molecular formula is C11H26N2. The summed E-state index contributed by atoms with van der Waals surface area (Å²) in [4.78, 5) is 2.40. The minimum Gasteiger partial charge on any atom is -0.329 e. The Balaban J connectivity index is 3.86. The number of likely N-dealkylation sites (N-methyl/N-ethyl adjacent to an activating group) is 1. The minimum absolute atomic E-state index is 0.721. The van der Waals surface area contributed by atoms with Crippen molar-refractivity contribution in [1.82, 2.24) is 4.90 Å². The first kappa shape index (κ1) is 12.9. The first-order valence-electron chi connectivity index (χ1n) is 5.55. The van der Waals surface area contributed by atoms with E-state index in [9.17, 15) is 0 Å². The van der Waals surface area contributed by atoms with Crippen molar-refractivity contribution in [3.05, 3.63) is 0 Å². The largest absolute Gasteiger partial charge is 0.329 e. The molecular weight excluding hydrogens is 160 g/mol. The van der Waals surface area contributed by atoms with Crippen molar-refractivity contribution in [3.63, 3.8) is 0 Å². The van der Waals surface area contributed by atoms with Crippen LogP contribution in [-0.4, -0.2) is 31.1 Å². The molecule has 80 valence electrons. The van der Waals surface area contributed by atoms with Crippen LogP contribution in [0.3, 0.4) is 0 Å². The van der Waals surface area contributed by atoms with Crippen LogP contribution in [0.1, 0.15) is 40.0 Å². The van der Waals surface area contributed by atoms with Gasteiger partial charge in [0.15, 0.2) is 0 Å². The van der Waals surface area contributed by atoms with Gasteiger partial charge in [0.25, 0.3) is 0 Å². The number of hydrogen-bond donors (Lipinski definition) is 1. The van der Waals surface area contributed by atoms with Crippen molar-refractivity contribution < 1.29 is 0 Å². The molecule has 0 bridgehead atoms. The Morgan fingerprint density at radius 2 is 1.85 bits per heavy atom. The average Bonchev–Trinajstić information content (AvgIpc) is 2.14. The standard InChI is InChI=1S/C11H26N2/c1-5-10(3)9-11(6-2)13(4)8-7-12/h10-11H,5-9,12H2,1-4H3. The summed E-state index contributed by atoms with van der Waals surface area (Å²) in [6.45, 7) is 8.65. The molecule has 2 N–H and O–H groups in total. The summed E-state index contributed by atoms with van der Waals surface area (Å²) >= 11 is 0. The summed E-state index contributed by atoms with van der Waals surface area (Å²) in [5, 5.41) is 0. The molecule has 2 nitrogen and oxygen atoms in total. The van der Waals surface area contributed by atoms with Crippen molar-refractivity contribution in [2.24, 2.45) is 11.7 Å². The van der Waals surface area contributed by atoms with Crippen LogP contribution in [-0.2, 0) is 0 Å². The summed E-state index contributed by atoms with van der Waals surface area (Å²) in [6.07, 6.45) is 3.83. The lowest BCUT2D eigenvalue weighted by molar-refractivity contribution is 0.207. The molecule has 0 aliphatic carbocycles. The van der Waals surface area contributed by atoms with Crippen molar-refractivity contribution >= 4 is 0 Å². The molecule has 0 amide bonds. The number of nitrogens with two attached hydrogens (primary N) is 1. The van der Waals surface area contributed by atoms with E-state index in [4.69, 9.17) is 5.73 Å². The monoisotopic (exact) mass is 186 g/mol. The fraction of sp³-hybridized carbons (Fsp3) is 1.00.